The zero-order valence-corrected chi connectivity index (χ0v) is 26.7. The van der Waals surface area contributed by atoms with E-state index in [-0.39, 0.29) is 12.2 Å². The standard InChI is InChI=1S/C37H45N3O5/c1-4-5-20-44-27(2)45-35-13-8-29(9-14-35)30-10-15-36-32(23-30)24-31(16-19-40(36)26-41)37(42)38-33-11-6-28(7-12-33)25-39(3)34-17-21-43-22-18-34/h6-15,23-24,26-27,34H,4-5,16-22,25H2,1-3H3,(H,38,42). The number of amides is 2. The van der Waals surface area contributed by atoms with Crippen molar-refractivity contribution in [1.82, 2.24) is 4.90 Å². The molecule has 3 aromatic carbocycles. The lowest BCUT2D eigenvalue weighted by atomic mass is 10.00. The molecule has 1 N–H and O–H groups in total. The van der Waals surface area contributed by atoms with Crippen molar-refractivity contribution in [3.63, 3.8) is 0 Å². The summed E-state index contributed by atoms with van der Waals surface area (Å²) in [6.45, 7) is 7.64. The summed E-state index contributed by atoms with van der Waals surface area (Å²) < 4.78 is 17.1. The van der Waals surface area contributed by atoms with Gasteiger partial charge in [-0.2, -0.15) is 0 Å². The maximum atomic E-state index is 13.4. The normalized spacial score (nSPS) is 16.0. The summed E-state index contributed by atoms with van der Waals surface area (Å²) in [5.74, 6) is 0.575. The molecule has 238 valence electrons. The van der Waals surface area contributed by atoms with Gasteiger partial charge in [-0.15, -0.1) is 0 Å². The number of nitrogens with one attached hydrogen (secondary N) is 1. The first-order valence-corrected chi connectivity index (χ1v) is 16.1. The zero-order valence-electron chi connectivity index (χ0n) is 26.7. The van der Waals surface area contributed by atoms with Crippen LogP contribution in [0.15, 0.2) is 72.3 Å². The maximum Gasteiger partial charge on any atom is 0.251 e. The molecule has 1 atom stereocenters. The van der Waals surface area contributed by atoms with Gasteiger partial charge in [0, 0.05) is 43.6 Å². The van der Waals surface area contributed by atoms with Crippen molar-refractivity contribution in [2.75, 3.05) is 43.6 Å². The van der Waals surface area contributed by atoms with Crippen molar-refractivity contribution < 1.29 is 23.8 Å². The summed E-state index contributed by atoms with van der Waals surface area (Å²) in [7, 11) is 2.16. The summed E-state index contributed by atoms with van der Waals surface area (Å²) in [6, 6.07) is 22.4. The highest BCUT2D eigenvalue weighted by atomic mass is 16.7. The van der Waals surface area contributed by atoms with Crippen LogP contribution in [-0.4, -0.2) is 63.0 Å². The summed E-state index contributed by atoms with van der Waals surface area (Å²) >= 11 is 0. The van der Waals surface area contributed by atoms with Gasteiger partial charge in [0.1, 0.15) is 5.75 Å². The van der Waals surface area contributed by atoms with Gasteiger partial charge in [-0.3, -0.25) is 14.5 Å². The molecule has 0 radical (unpaired) electrons. The van der Waals surface area contributed by atoms with E-state index in [0.29, 0.717) is 31.2 Å². The van der Waals surface area contributed by atoms with E-state index in [9.17, 15) is 9.59 Å². The Bertz CT molecular complexity index is 1450. The quantitative estimate of drug-likeness (QED) is 0.129. The Morgan fingerprint density at radius 3 is 2.51 bits per heavy atom. The number of hydrogen-bond acceptors (Lipinski definition) is 6. The maximum absolute atomic E-state index is 13.4. The zero-order chi connectivity index (χ0) is 31.6. The molecular formula is C37H45N3O5. The third kappa shape index (κ3) is 8.81. The number of nitrogens with zero attached hydrogens (tertiary/aromatic N) is 2. The average Bonchev–Trinajstić information content (AvgIpc) is 3.25. The van der Waals surface area contributed by atoms with Crippen LogP contribution in [0.5, 0.6) is 5.75 Å². The van der Waals surface area contributed by atoms with Gasteiger partial charge in [-0.25, -0.2) is 0 Å². The van der Waals surface area contributed by atoms with Gasteiger partial charge in [0.25, 0.3) is 5.91 Å². The van der Waals surface area contributed by atoms with Gasteiger partial charge in [-0.1, -0.05) is 43.7 Å². The molecule has 0 saturated carbocycles. The third-order valence-electron chi connectivity index (χ3n) is 8.51. The molecule has 3 aromatic rings. The number of fused-ring (bicyclic) bond motifs is 1. The van der Waals surface area contributed by atoms with E-state index >= 15 is 0 Å². The smallest absolute Gasteiger partial charge is 0.251 e. The van der Waals surface area contributed by atoms with Crippen molar-refractivity contribution in [3.8, 4) is 16.9 Å². The Balaban J connectivity index is 1.26. The number of anilines is 2. The Kier molecular flexibility index (Phi) is 11.4. The lowest BCUT2D eigenvalue weighted by molar-refractivity contribution is -0.113. The Labute approximate surface area is 267 Å². The van der Waals surface area contributed by atoms with Crippen LogP contribution in [-0.2, 0) is 25.6 Å². The molecule has 8 heteroatoms. The molecule has 2 heterocycles. The molecule has 2 amide bonds. The molecule has 0 aromatic heterocycles. The number of unbranched alkanes of at least 4 members (excludes halogenated alkanes) is 1. The van der Waals surface area contributed by atoms with Gasteiger partial charge in [0.15, 0.2) is 6.29 Å². The number of carbonyl (C=O) groups excluding carboxylic acids is 2. The molecule has 8 nitrogen and oxygen atoms in total. The minimum Gasteiger partial charge on any atom is -0.465 e. The summed E-state index contributed by atoms with van der Waals surface area (Å²) in [5, 5.41) is 3.06. The van der Waals surface area contributed by atoms with Crippen LogP contribution in [0.2, 0.25) is 0 Å². The fourth-order valence-electron chi connectivity index (χ4n) is 5.81. The highest BCUT2D eigenvalue weighted by molar-refractivity contribution is 6.08. The Morgan fingerprint density at radius 1 is 1.07 bits per heavy atom. The lowest BCUT2D eigenvalue weighted by Crippen LogP contribution is -2.36. The highest BCUT2D eigenvalue weighted by Gasteiger charge is 2.21. The Morgan fingerprint density at radius 2 is 1.80 bits per heavy atom. The molecule has 1 fully saturated rings. The first-order valence-electron chi connectivity index (χ1n) is 16.1. The first-order chi connectivity index (χ1) is 21.9. The molecule has 0 aliphatic carbocycles. The van der Waals surface area contributed by atoms with Crippen LogP contribution in [0.3, 0.4) is 0 Å². The van der Waals surface area contributed by atoms with Crippen molar-refractivity contribution >= 4 is 29.8 Å². The van der Waals surface area contributed by atoms with Gasteiger partial charge in [0.05, 0.1) is 12.3 Å². The molecule has 1 unspecified atom stereocenters. The molecule has 45 heavy (non-hydrogen) atoms. The summed E-state index contributed by atoms with van der Waals surface area (Å²) in [5.41, 5.74) is 6.18. The largest absolute Gasteiger partial charge is 0.465 e. The first kappa shape index (κ1) is 32.4. The van der Waals surface area contributed by atoms with Crippen LogP contribution in [0.25, 0.3) is 17.2 Å². The monoisotopic (exact) mass is 611 g/mol. The predicted molar refractivity (Wildman–Crippen MR) is 179 cm³/mol. The van der Waals surface area contributed by atoms with E-state index in [1.165, 1.54) is 5.56 Å². The topological polar surface area (TPSA) is 80.3 Å². The number of hydrogen-bond donors (Lipinski definition) is 1. The third-order valence-corrected chi connectivity index (χ3v) is 8.51. The second-order valence-corrected chi connectivity index (χ2v) is 11.8. The molecule has 5 rings (SSSR count). The van der Waals surface area contributed by atoms with Gasteiger partial charge >= 0.3 is 0 Å². The lowest BCUT2D eigenvalue weighted by Gasteiger charge is -2.31. The predicted octanol–water partition coefficient (Wildman–Crippen LogP) is 6.89. The summed E-state index contributed by atoms with van der Waals surface area (Å²) in [4.78, 5) is 29.5. The van der Waals surface area contributed by atoms with E-state index in [4.69, 9.17) is 14.2 Å². The fraction of sp³-hybridized carbons (Fsp3) is 0.405. The molecule has 2 aliphatic rings. The van der Waals surface area contributed by atoms with Crippen molar-refractivity contribution in [1.29, 1.82) is 0 Å². The van der Waals surface area contributed by atoms with Crippen LogP contribution in [0.4, 0.5) is 11.4 Å². The number of ether oxygens (including phenoxy) is 3. The average molecular weight is 612 g/mol. The Hall–Kier alpha value is -3.98. The van der Waals surface area contributed by atoms with E-state index in [1.807, 2.05) is 67.6 Å². The minimum atomic E-state index is -0.319. The molecule has 2 aliphatic heterocycles. The second kappa shape index (κ2) is 15.8. The van der Waals surface area contributed by atoms with Gasteiger partial charge < -0.3 is 24.4 Å². The van der Waals surface area contributed by atoms with Crippen LogP contribution < -0.4 is 15.0 Å². The number of rotatable bonds is 13. The van der Waals surface area contributed by atoms with Crippen molar-refractivity contribution in [2.24, 2.45) is 0 Å². The van der Waals surface area contributed by atoms with E-state index in [2.05, 4.69) is 36.3 Å². The fourth-order valence-corrected chi connectivity index (χ4v) is 5.81. The summed E-state index contributed by atoms with van der Waals surface area (Å²) in [6.07, 6.45) is 7.07. The van der Waals surface area contributed by atoms with Gasteiger partial charge in [0.2, 0.25) is 6.41 Å². The van der Waals surface area contributed by atoms with E-state index in [1.54, 1.807) is 4.90 Å². The van der Waals surface area contributed by atoms with E-state index in [0.717, 1.165) is 85.7 Å². The van der Waals surface area contributed by atoms with E-state index < -0.39 is 0 Å². The number of benzene rings is 3. The van der Waals surface area contributed by atoms with Crippen LogP contribution in [0.1, 0.15) is 57.1 Å². The van der Waals surface area contributed by atoms with Gasteiger partial charge in [-0.05, 0) is 104 Å². The minimum absolute atomic E-state index is 0.164. The molecule has 1 saturated heterocycles. The van der Waals surface area contributed by atoms with Crippen molar-refractivity contribution in [2.45, 2.75) is 64.8 Å². The molecule has 0 bridgehead atoms. The van der Waals surface area contributed by atoms with Crippen LogP contribution >= 0.6 is 0 Å². The second-order valence-electron chi connectivity index (χ2n) is 11.8. The van der Waals surface area contributed by atoms with Crippen LogP contribution in [0, 0.1) is 0 Å². The number of carbonyl (C=O) groups is 2. The SMILES string of the molecule is CCCCOC(C)Oc1ccc(-c2ccc3c(c2)C=C(C(=O)Nc2ccc(CN(C)C4CCOCC4)cc2)CCN3C=O)cc1. The highest BCUT2D eigenvalue weighted by Crippen LogP contribution is 2.33. The molecular weight excluding hydrogens is 566 g/mol. The van der Waals surface area contributed by atoms with Crippen molar-refractivity contribution in [3.05, 3.63) is 83.4 Å². The molecule has 0 spiro atoms.